The highest BCUT2D eigenvalue weighted by Gasteiger charge is 2.19. The molecule has 0 radical (unpaired) electrons. The predicted octanol–water partition coefficient (Wildman–Crippen LogP) is 10.5. The van der Waals surface area contributed by atoms with Gasteiger partial charge in [-0.2, -0.15) is 5.26 Å². The summed E-state index contributed by atoms with van der Waals surface area (Å²) in [6.45, 7) is 4.55. The Morgan fingerprint density at radius 3 is 1.78 bits per heavy atom. The van der Waals surface area contributed by atoms with Gasteiger partial charge in [0, 0.05) is 14.3 Å². The zero-order valence-electron chi connectivity index (χ0n) is 19.5. The number of benzene rings is 3. The van der Waals surface area contributed by atoms with Crippen LogP contribution < -0.4 is 0 Å². The number of nitrogens with zero attached hydrogens (tertiary/aromatic N) is 1. The number of unbranched alkanes of at least 4 members (excludes halogenated alkanes) is 6. The molecule has 32 heavy (non-hydrogen) atoms. The maximum atomic E-state index is 10.3. The van der Waals surface area contributed by atoms with Crippen LogP contribution >= 0.6 is 31.9 Å². The Kier molecular flexibility index (Phi) is 10.1. The summed E-state index contributed by atoms with van der Waals surface area (Å²) in [5.41, 5.74) is 2.10. The van der Waals surface area contributed by atoms with Crippen LogP contribution in [0.2, 0.25) is 0 Å². The summed E-state index contributed by atoms with van der Waals surface area (Å²) in [4.78, 5) is 0. The first kappa shape index (κ1) is 25.3. The maximum absolute atomic E-state index is 10.3. The molecule has 0 saturated heterocycles. The van der Waals surface area contributed by atoms with Crippen LogP contribution in [-0.2, 0) is 6.42 Å². The molecule has 0 aliphatic heterocycles. The second-order valence-electron chi connectivity index (χ2n) is 9.11. The molecule has 0 fully saturated rings. The Morgan fingerprint density at radius 2 is 1.25 bits per heavy atom. The minimum Gasteiger partial charge on any atom is -0.192 e. The van der Waals surface area contributed by atoms with Gasteiger partial charge in [-0.3, -0.25) is 0 Å². The van der Waals surface area contributed by atoms with Gasteiger partial charge in [0.2, 0.25) is 0 Å². The minimum atomic E-state index is 0.641. The quantitative estimate of drug-likeness (QED) is 0.161. The van der Waals surface area contributed by atoms with Crippen molar-refractivity contribution in [2.75, 3.05) is 0 Å². The average molecular weight is 557 g/mol. The molecule has 0 spiro atoms. The van der Waals surface area contributed by atoms with Crippen molar-refractivity contribution in [3.8, 4) is 6.07 Å². The van der Waals surface area contributed by atoms with Crippen molar-refractivity contribution < 1.29 is 0 Å². The van der Waals surface area contributed by atoms with Crippen LogP contribution in [0.15, 0.2) is 45.3 Å². The summed E-state index contributed by atoms with van der Waals surface area (Å²) >= 11 is 7.31. The van der Waals surface area contributed by atoms with Gasteiger partial charge in [-0.05, 0) is 58.3 Å². The van der Waals surface area contributed by atoms with E-state index in [1.807, 2.05) is 0 Å². The number of nitriles is 1. The van der Waals surface area contributed by atoms with Crippen LogP contribution in [-0.4, -0.2) is 0 Å². The van der Waals surface area contributed by atoms with Crippen molar-refractivity contribution in [2.45, 2.75) is 84.5 Å². The van der Waals surface area contributed by atoms with Crippen LogP contribution in [0.1, 0.15) is 89.2 Å². The van der Waals surface area contributed by atoms with E-state index in [0.717, 1.165) is 26.3 Å². The van der Waals surface area contributed by atoms with Crippen LogP contribution in [0.5, 0.6) is 0 Å². The number of fused-ring (bicyclic) bond motifs is 3. The smallest absolute Gasteiger partial charge is 0.100 e. The summed E-state index contributed by atoms with van der Waals surface area (Å²) in [6, 6.07) is 15.5. The van der Waals surface area contributed by atoms with E-state index < -0.39 is 0 Å². The zero-order valence-corrected chi connectivity index (χ0v) is 22.7. The van der Waals surface area contributed by atoms with Crippen LogP contribution in [0.4, 0.5) is 0 Å². The average Bonchev–Trinajstić information content (AvgIpc) is 2.79. The third-order valence-electron chi connectivity index (χ3n) is 6.69. The molecule has 0 bridgehead atoms. The molecule has 0 amide bonds. The van der Waals surface area contributed by atoms with E-state index in [0.29, 0.717) is 5.92 Å². The first-order chi connectivity index (χ1) is 15.6. The number of hydrogen-bond acceptors (Lipinski definition) is 1. The van der Waals surface area contributed by atoms with Crippen molar-refractivity contribution in [1.82, 2.24) is 0 Å². The highest BCUT2D eigenvalue weighted by atomic mass is 79.9. The predicted molar refractivity (Wildman–Crippen MR) is 146 cm³/mol. The van der Waals surface area contributed by atoms with Gasteiger partial charge < -0.3 is 0 Å². The molecule has 0 N–H and O–H groups in total. The summed E-state index contributed by atoms with van der Waals surface area (Å²) < 4.78 is 2.11. The fraction of sp³-hybridized carbons (Fsp3) is 0.483. The van der Waals surface area contributed by atoms with Gasteiger partial charge in [-0.1, -0.05) is 122 Å². The molecule has 1 nitrogen and oxygen atoms in total. The molecular formula is C29H35Br2N. The Balaban J connectivity index is 2.04. The Labute approximate surface area is 210 Å². The Morgan fingerprint density at radius 1 is 0.719 bits per heavy atom. The van der Waals surface area contributed by atoms with Crippen molar-refractivity contribution in [1.29, 1.82) is 5.26 Å². The molecule has 0 unspecified atom stereocenters. The van der Waals surface area contributed by atoms with Crippen LogP contribution in [0.3, 0.4) is 0 Å². The molecule has 0 atom stereocenters. The molecular weight excluding hydrogens is 522 g/mol. The zero-order chi connectivity index (χ0) is 22.9. The molecule has 3 aromatic rings. The van der Waals surface area contributed by atoms with Crippen molar-refractivity contribution in [2.24, 2.45) is 5.92 Å². The standard InChI is InChI=1S/C29H35Br2N/c1-3-5-7-9-11-21(12-10-8-6-4-2)17-26-27-18-22(30)13-15-24(27)25-16-14-23(31)19-28(25)29(26)20-32/h13-16,18-19,21H,3-12,17H2,1-2H3. The number of halogens is 2. The molecule has 3 rings (SSSR count). The topological polar surface area (TPSA) is 23.8 Å². The van der Waals surface area contributed by atoms with Gasteiger partial charge in [-0.25, -0.2) is 0 Å². The van der Waals surface area contributed by atoms with Gasteiger partial charge in [0.15, 0.2) is 0 Å². The lowest BCUT2D eigenvalue weighted by molar-refractivity contribution is 0.404. The third kappa shape index (κ3) is 6.36. The van der Waals surface area contributed by atoms with Gasteiger partial charge in [0.1, 0.15) is 6.07 Å². The van der Waals surface area contributed by atoms with E-state index in [2.05, 4.69) is 88.2 Å². The monoisotopic (exact) mass is 555 g/mol. The fourth-order valence-corrected chi connectivity index (χ4v) is 5.68. The molecule has 3 heteroatoms. The molecule has 0 aromatic heterocycles. The second-order valence-corrected chi connectivity index (χ2v) is 10.9. The van der Waals surface area contributed by atoms with E-state index in [-0.39, 0.29) is 0 Å². The van der Waals surface area contributed by atoms with E-state index in [1.54, 1.807) is 0 Å². The fourth-order valence-electron chi connectivity index (χ4n) is 4.95. The highest BCUT2D eigenvalue weighted by Crippen LogP contribution is 2.38. The van der Waals surface area contributed by atoms with E-state index >= 15 is 0 Å². The second kappa shape index (κ2) is 12.8. The van der Waals surface area contributed by atoms with Gasteiger partial charge in [0.25, 0.3) is 0 Å². The summed E-state index contributed by atoms with van der Waals surface area (Å²) in [5, 5.41) is 15.0. The molecule has 0 saturated carbocycles. The summed E-state index contributed by atoms with van der Waals surface area (Å²) in [6.07, 6.45) is 14.0. The Hall–Kier alpha value is -1.37. The largest absolute Gasteiger partial charge is 0.192 e. The lowest BCUT2D eigenvalue weighted by atomic mass is 9.83. The highest BCUT2D eigenvalue weighted by molar-refractivity contribution is 9.10. The normalized spacial score (nSPS) is 11.5. The molecule has 0 aliphatic rings. The van der Waals surface area contributed by atoms with Crippen molar-refractivity contribution in [3.05, 3.63) is 56.5 Å². The summed E-state index contributed by atoms with van der Waals surface area (Å²) in [5.74, 6) is 0.641. The first-order valence-electron chi connectivity index (χ1n) is 12.3. The van der Waals surface area contributed by atoms with Crippen LogP contribution in [0, 0.1) is 17.2 Å². The molecule has 3 aromatic carbocycles. The number of rotatable bonds is 12. The van der Waals surface area contributed by atoms with E-state index in [4.69, 9.17) is 0 Å². The maximum Gasteiger partial charge on any atom is 0.100 e. The number of hydrogen-bond donors (Lipinski definition) is 0. The molecule has 170 valence electrons. The van der Waals surface area contributed by atoms with Crippen molar-refractivity contribution >= 4 is 53.4 Å². The molecule has 0 heterocycles. The summed E-state index contributed by atoms with van der Waals surface area (Å²) in [7, 11) is 0. The van der Waals surface area contributed by atoms with E-state index in [1.165, 1.54) is 85.9 Å². The van der Waals surface area contributed by atoms with E-state index in [9.17, 15) is 5.26 Å². The molecule has 0 aliphatic carbocycles. The third-order valence-corrected chi connectivity index (χ3v) is 7.67. The van der Waals surface area contributed by atoms with Crippen molar-refractivity contribution in [3.63, 3.8) is 0 Å². The van der Waals surface area contributed by atoms with Crippen LogP contribution in [0.25, 0.3) is 21.5 Å². The Bertz CT molecular complexity index is 1070. The lowest BCUT2D eigenvalue weighted by Crippen LogP contribution is -2.08. The van der Waals surface area contributed by atoms with Gasteiger partial charge in [0.05, 0.1) is 5.56 Å². The minimum absolute atomic E-state index is 0.641. The van der Waals surface area contributed by atoms with Gasteiger partial charge >= 0.3 is 0 Å². The van der Waals surface area contributed by atoms with Gasteiger partial charge in [-0.15, -0.1) is 0 Å². The SMILES string of the molecule is CCCCCCC(CCCCCC)Cc1c(C#N)c2cc(Br)ccc2c2ccc(Br)cc12. The lowest BCUT2D eigenvalue weighted by Gasteiger charge is -2.21. The first-order valence-corrected chi connectivity index (χ1v) is 13.9.